The van der Waals surface area contributed by atoms with Crippen molar-refractivity contribution in [1.82, 2.24) is 4.31 Å². The Kier molecular flexibility index (Phi) is 4.23. The second-order valence-electron chi connectivity index (χ2n) is 4.75. The van der Waals surface area contributed by atoms with Crippen LogP contribution in [0.2, 0.25) is 0 Å². The number of sulfonamides is 1. The van der Waals surface area contributed by atoms with Gasteiger partial charge in [0.1, 0.15) is 5.82 Å². The first-order valence-corrected chi connectivity index (χ1v) is 7.68. The Balaban J connectivity index is 2.23. The highest BCUT2D eigenvalue weighted by Crippen LogP contribution is 2.24. The van der Waals surface area contributed by atoms with Gasteiger partial charge in [-0.25, -0.2) is 12.8 Å². The molecule has 1 aromatic rings. The number of methoxy groups -OCH3 is 1. The van der Waals surface area contributed by atoms with E-state index < -0.39 is 15.8 Å². The van der Waals surface area contributed by atoms with E-state index in [-0.39, 0.29) is 11.0 Å². The van der Waals surface area contributed by atoms with E-state index in [1.807, 2.05) is 0 Å². The van der Waals surface area contributed by atoms with E-state index in [4.69, 9.17) is 4.74 Å². The molecular formula is C13H18FNO3S. The highest BCUT2D eigenvalue weighted by atomic mass is 32.2. The van der Waals surface area contributed by atoms with Crippen molar-refractivity contribution in [1.29, 1.82) is 0 Å². The van der Waals surface area contributed by atoms with Crippen LogP contribution >= 0.6 is 0 Å². The number of halogens is 1. The molecule has 1 aliphatic heterocycles. The summed E-state index contributed by atoms with van der Waals surface area (Å²) in [6.45, 7) is 2.49. The maximum absolute atomic E-state index is 13.1. The van der Waals surface area contributed by atoms with Crippen molar-refractivity contribution in [2.24, 2.45) is 0 Å². The summed E-state index contributed by atoms with van der Waals surface area (Å²) in [6, 6.07) is 3.76. The van der Waals surface area contributed by atoms with Crippen LogP contribution in [0, 0.1) is 12.7 Å². The Hall–Kier alpha value is -0.980. The van der Waals surface area contributed by atoms with Crippen LogP contribution in [0.5, 0.6) is 0 Å². The lowest BCUT2D eigenvalue weighted by molar-refractivity contribution is 0.0604. The molecule has 0 aromatic heterocycles. The average Bonchev–Trinajstić information content (AvgIpc) is 2.38. The molecule has 0 unspecified atom stereocenters. The number of benzene rings is 1. The van der Waals surface area contributed by atoms with Gasteiger partial charge in [-0.2, -0.15) is 4.31 Å². The molecule has 0 atom stereocenters. The second kappa shape index (κ2) is 5.56. The van der Waals surface area contributed by atoms with E-state index in [0.717, 1.165) is 0 Å². The van der Waals surface area contributed by atoms with E-state index in [9.17, 15) is 12.8 Å². The first-order valence-electron chi connectivity index (χ1n) is 6.24. The van der Waals surface area contributed by atoms with Gasteiger partial charge < -0.3 is 4.74 Å². The van der Waals surface area contributed by atoms with E-state index >= 15 is 0 Å². The maximum atomic E-state index is 13.1. The molecule has 0 N–H and O–H groups in total. The molecule has 0 bridgehead atoms. The molecular weight excluding hydrogens is 269 g/mol. The normalized spacial score (nSPS) is 18.7. The van der Waals surface area contributed by atoms with Crippen LogP contribution in [-0.4, -0.2) is 39.0 Å². The van der Waals surface area contributed by atoms with Crippen LogP contribution in [0.4, 0.5) is 4.39 Å². The van der Waals surface area contributed by atoms with E-state index in [1.54, 1.807) is 14.0 Å². The van der Waals surface area contributed by atoms with Gasteiger partial charge in [0.15, 0.2) is 0 Å². The predicted molar refractivity (Wildman–Crippen MR) is 69.9 cm³/mol. The maximum Gasteiger partial charge on any atom is 0.243 e. The van der Waals surface area contributed by atoms with E-state index in [2.05, 4.69) is 0 Å². The van der Waals surface area contributed by atoms with Crippen molar-refractivity contribution in [2.45, 2.75) is 30.8 Å². The molecule has 1 fully saturated rings. The molecule has 19 heavy (non-hydrogen) atoms. The molecule has 0 spiro atoms. The van der Waals surface area contributed by atoms with E-state index in [0.29, 0.717) is 31.5 Å². The first-order chi connectivity index (χ1) is 8.95. The lowest BCUT2D eigenvalue weighted by atomic mass is 10.1. The SMILES string of the molecule is COC1CCN(S(=O)(=O)c2ccc(F)cc2C)CC1. The van der Waals surface area contributed by atoms with Crippen molar-refractivity contribution < 1.29 is 17.5 Å². The van der Waals surface area contributed by atoms with Crippen LogP contribution in [0.25, 0.3) is 0 Å². The fourth-order valence-corrected chi connectivity index (χ4v) is 4.03. The largest absolute Gasteiger partial charge is 0.381 e. The van der Waals surface area contributed by atoms with Gasteiger partial charge in [-0.1, -0.05) is 0 Å². The van der Waals surface area contributed by atoms with Gasteiger partial charge >= 0.3 is 0 Å². The minimum atomic E-state index is -3.53. The van der Waals surface area contributed by atoms with Crippen LogP contribution in [0.15, 0.2) is 23.1 Å². The summed E-state index contributed by atoms with van der Waals surface area (Å²) in [7, 11) is -1.89. The van der Waals surface area contributed by atoms with Crippen molar-refractivity contribution in [3.05, 3.63) is 29.6 Å². The fraction of sp³-hybridized carbons (Fsp3) is 0.538. The predicted octanol–water partition coefficient (Wildman–Crippen LogP) is 1.93. The van der Waals surface area contributed by atoms with Gasteiger partial charge in [0.25, 0.3) is 0 Å². The molecule has 1 saturated heterocycles. The van der Waals surface area contributed by atoms with Gasteiger partial charge in [-0.05, 0) is 43.5 Å². The molecule has 106 valence electrons. The van der Waals surface area contributed by atoms with Gasteiger partial charge in [0.2, 0.25) is 10.0 Å². The third-order valence-corrected chi connectivity index (χ3v) is 5.55. The van der Waals surface area contributed by atoms with Gasteiger partial charge in [-0.15, -0.1) is 0 Å². The van der Waals surface area contributed by atoms with Crippen molar-refractivity contribution in [3.8, 4) is 0 Å². The molecule has 6 heteroatoms. The summed E-state index contributed by atoms with van der Waals surface area (Å²) in [4.78, 5) is 0.185. The van der Waals surface area contributed by atoms with Gasteiger partial charge in [0.05, 0.1) is 11.0 Å². The lowest BCUT2D eigenvalue weighted by Gasteiger charge is -2.30. The highest BCUT2D eigenvalue weighted by molar-refractivity contribution is 7.89. The third-order valence-electron chi connectivity index (χ3n) is 3.49. The minimum absolute atomic E-state index is 0.126. The summed E-state index contributed by atoms with van der Waals surface area (Å²) in [5, 5.41) is 0. The smallest absolute Gasteiger partial charge is 0.243 e. The monoisotopic (exact) mass is 287 g/mol. The van der Waals surface area contributed by atoms with Gasteiger partial charge in [0, 0.05) is 20.2 Å². The molecule has 4 nitrogen and oxygen atoms in total. The van der Waals surface area contributed by atoms with E-state index in [1.165, 1.54) is 22.5 Å². The van der Waals surface area contributed by atoms with Crippen LogP contribution in [0.1, 0.15) is 18.4 Å². The molecule has 0 aliphatic carbocycles. The number of hydrogen-bond acceptors (Lipinski definition) is 3. The first kappa shape index (κ1) is 14.4. The molecule has 0 amide bonds. The van der Waals surface area contributed by atoms with Crippen molar-refractivity contribution in [2.75, 3.05) is 20.2 Å². The zero-order valence-corrected chi connectivity index (χ0v) is 11.9. The molecule has 0 saturated carbocycles. The number of ether oxygens (including phenoxy) is 1. The summed E-state index contributed by atoms with van der Waals surface area (Å²) in [5.74, 6) is -0.422. The third kappa shape index (κ3) is 2.96. The van der Waals surface area contributed by atoms with Crippen LogP contribution in [0.3, 0.4) is 0 Å². The zero-order valence-electron chi connectivity index (χ0n) is 11.1. The molecule has 1 heterocycles. The Morgan fingerprint density at radius 2 is 1.95 bits per heavy atom. The standard InChI is InChI=1S/C13H18FNO3S/c1-10-9-11(14)3-4-13(10)19(16,17)15-7-5-12(18-2)6-8-15/h3-4,9,12H,5-8H2,1-2H3. The Bertz CT molecular complexity index is 551. The Morgan fingerprint density at radius 3 is 2.47 bits per heavy atom. The van der Waals surface area contributed by atoms with Crippen LogP contribution in [-0.2, 0) is 14.8 Å². The topological polar surface area (TPSA) is 46.6 Å². The second-order valence-corrected chi connectivity index (χ2v) is 6.66. The quantitative estimate of drug-likeness (QED) is 0.853. The molecule has 0 radical (unpaired) electrons. The molecule has 1 aromatic carbocycles. The molecule has 1 aliphatic rings. The molecule has 2 rings (SSSR count). The van der Waals surface area contributed by atoms with Crippen molar-refractivity contribution >= 4 is 10.0 Å². The average molecular weight is 287 g/mol. The number of nitrogens with zero attached hydrogens (tertiary/aromatic N) is 1. The zero-order chi connectivity index (χ0) is 14.0. The lowest BCUT2D eigenvalue weighted by Crippen LogP contribution is -2.40. The number of rotatable bonds is 3. The number of aryl methyl sites for hydroxylation is 1. The fourth-order valence-electron chi connectivity index (χ4n) is 2.35. The van der Waals surface area contributed by atoms with Crippen LogP contribution < -0.4 is 0 Å². The number of hydrogen-bond donors (Lipinski definition) is 0. The van der Waals surface area contributed by atoms with Gasteiger partial charge in [-0.3, -0.25) is 0 Å². The summed E-state index contributed by atoms with van der Waals surface area (Å²) < 4.78 is 44.7. The Labute approximate surface area is 113 Å². The summed E-state index contributed by atoms with van der Waals surface area (Å²) >= 11 is 0. The highest BCUT2D eigenvalue weighted by Gasteiger charge is 2.30. The Morgan fingerprint density at radius 1 is 1.32 bits per heavy atom. The summed E-state index contributed by atoms with van der Waals surface area (Å²) in [6.07, 6.45) is 1.51. The minimum Gasteiger partial charge on any atom is -0.381 e. The van der Waals surface area contributed by atoms with Crippen molar-refractivity contribution in [3.63, 3.8) is 0 Å². The number of piperidine rings is 1. The summed E-state index contributed by atoms with van der Waals surface area (Å²) in [5.41, 5.74) is 0.439.